The van der Waals surface area contributed by atoms with Crippen molar-refractivity contribution in [3.05, 3.63) is 47.2 Å². The van der Waals surface area contributed by atoms with Gasteiger partial charge in [-0.15, -0.1) is 0 Å². The molecule has 0 unspecified atom stereocenters. The van der Waals surface area contributed by atoms with Crippen LogP contribution in [0.3, 0.4) is 0 Å². The molecule has 2 bridgehead atoms. The van der Waals surface area contributed by atoms with Crippen molar-refractivity contribution in [3.8, 4) is 0 Å². The van der Waals surface area contributed by atoms with Crippen molar-refractivity contribution in [2.75, 3.05) is 6.61 Å². The van der Waals surface area contributed by atoms with Gasteiger partial charge in [0.25, 0.3) is 0 Å². The second kappa shape index (κ2) is 8.50. The molecule has 3 heterocycles. The van der Waals surface area contributed by atoms with E-state index in [1.54, 1.807) is 0 Å². The van der Waals surface area contributed by atoms with Gasteiger partial charge in [0, 0.05) is 39.4 Å². The number of ketones is 1. The number of hydrogen-bond acceptors (Lipinski definition) is 7. The van der Waals surface area contributed by atoms with Crippen molar-refractivity contribution < 1.29 is 34.0 Å². The number of benzene rings is 1. The van der Waals surface area contributed by atoms with Crippen LogP contribution in [0.25, 0.3) is 10.9 Å². The number of ether oxygens (including phenoxy) is 3. The number of aromatic amines is 1. The molecule has 2 aromatic rings. The zero-order chi connectivity index (χ0) is 30.2. The highest BCUT2D eigenvalue weighted by Gasteiger charge is 2.78. The van der Waals surface area contributed by atoms with Crippen LogP contribution < -0.4 is 5.32 Å². The third-order valence-corrected chi connectivity index (χ3v) is 12.7. The minimum atomic E-state index is -1.77. The monoisotopic (exact) mass is 590 g/mol. The molecule has 6 aliphatic rings. The molecule has 1 saturated heterocycles. The Bertz CT molecular complexity index is 1590. The Kier molecular flexibility index (Phi) is 5.50. The topological polar surface area (TPSA) is 130 Å². The Balaban J connectivity index is 1.27. The fraction of sp³-hybridized carbons (Fsp3) is 0.647. The number of amides is 1. The molecule has 4 N–H and O–H groups in total. The van der Waals surface area contributed by atoms with Crippen LogP contribution in [0.2, 0.25) is 0 Å². The van der Waals surface area contributed by atoms with Crippen LogP contribution in [0.15, 0.2) is 35.9 Å². The Morgan fingerprint density at radius 3 is 2.60 bits per heavy atom. The van der Waals surface area contributed by atoms with Crippen LogP contribution in [0.1, 0.15) is 83.9 Å². The van der Waals surface area contributed by atoms with Gasteiger partial charge in [-0.25, -0.2) is 4.79 Å². The molecule has 43 heavy (non-hydrogen) atoms. The van der Waals surface area contributed by atoms with Crippen LogP contribution in [0.5, 0.6) is 0 Å². The van der Waals surface area contributed by atoms with Gasteiger partial charge >= 0.3 is 6.09 Å². The van der Waals surface area contributed by atoms with E-state index in [0.717, 1.165) is 30.5 Å². The van der Waals surface area contributed by atoms with E-state index >= 15 is 0 Å². The molecule has 2 aliphatic heterocycles. The van der Waals surface area contributed by atoms with E-state index in [4.69, 9.17) is 14.2 Å². The number of rotatable bonds is 3. The summed E-state index contributed by atoms with van der Waals surface area (Å²) in [5.41, 5.74) is -0.971. The zero-order valence-corrected chi connectivity index (χ0v) is 25.4. The van der Waals surface area contributed by atoms with Gasteiger partial charge in [0.15, 0.2) is 17.7 Å². The van der Waals surface area contributed by atoms with E-state index in [9.17, 15) is 19.8 Å². The molecule has 4 fully saturated rings. The fourth-order valence-corrected chi connectivity index (χ4v) is 10.3. The molecule has 1 aromatic carbocycles. The largest absolute Gasteiger partial charge is 0.443 e. The first kappa shape index (κ1) is 27.8. The molecular formula is C34H42N2O7. The maximum absolute atomic E-state index is 13.6. The molecule has 9 heteroatoms. The van der Waals surface area contributed by atoms with Crippen LogP contribution in [0, 0.1) is 11.3 Å². The molecule has 230 valence electrons. The molecule has 1 spiro atoms. The van der Waals surface area contributed by atoms with Gasteiger partial charge in [0.05, 0.1) is 12.1 Å². The van der Waals surface area contributed by atoms with E-state index < -0.39 is 51.7 Å². The van der Waals surface area contributed by atoms with Crippen molar-refractivity contribution >= 4 is 22.8 Å². The molecule has 9 nitrogen and oxygen atoms in total. The Morgan fingerprint density at radius 2 is 1.86 bits per heavy atom. The van der Waals surface area contributed by atoms with Gasteiger partial charge in [-0.1, -0.05) is 44.9 Å². The summed E-state index contributed by atoms with van der Waals surface area (Å²) in [5, 5.41) is 27.7. The number of H-pyrrole nitrogens is 1. The quantitative estimate of drug-likeness (QED) is 0.419. The summed E-state index contributed by atoms with van der Waals surface area (Å²) in [6.07, 6.45) is 4.51. The smallest absolute Gasteiger partial charge is 0.408 e. The molecule has 4 aliphatic carbocycles. The fourth-order valence-electron chi connectivity index (χ4n) is 10.3. The van der Waals surface area contributed by atoms with E-state index in [-0.39, 0.29) is 18.3 Å². The molecular weight excluding hydrogens is 548 g/mol. The Labute approximate surface area is 251 Å². The molecule has 7 atom stereocenters. The van der Waals surface area contributed by atoms with E-state index in [0.29, 0.717) is 37.7 Å². The standard InChI is InChI=1S/C34H42N2O7/c1-29(2)27-23(38)17-24-33(42-27,43-29)14-13-30(3)31(4)19(15-21-20-9-5-6-10-22(20)35-26(21)31)16-25(34(24,30)40)41-28(39)36-32(18-37)11-7-8-12-32/h5-6,9-10,17,19,25,27,35,37,40H,7-8,11-16,18H2,1-4H3,(H,36,39)/t19-,25+,27+,30-,31-,33+,34+/m1/s1. The van der Waals surface area contributed by atoms with Gasteiger partial charge in [0.2, 0.25) is 0 Å². The number of para-hydroxylation sites is 1. The number of aliphatic hydroxyl groups is 2. The van der Waals surface area contributed by atoms with E-state index in [1.165, 1.54) is 17.0 Å². The number of carbonyl (C=O) groups excluding carboxylic acids is 2. The number of carbonyl (C=O) groups is 2. The normalized spacial score (nSPS) is 41.7. The van der Waals surface area contributed by atoms with Crippen molar-refractivity contribution in [2.45, 2.75) is 119 Å². The van der Waals surface area contributed by atoms with Crippen LogP contribution >= 0.6 is 0 Å². The van der Waals surface area contributed by atoms with Gasteiger partial charge < -0.3 is 34.7 Å². The summed E-state index contributed by atoms with van der Waals surface area (Å²) < 4.78 is 19.3. The predicted molar refractivity (Wildman–Crippen MR) is 157 cm³/mol. The maximum Gasteiger partial charge on any atom is 0.408 e. The Hall–Kier alpha value is -2.72. The first-order valence-corrected chi connectivity index (χ1v) is 15.9. The van der Waals surface area contributed by atoms with Crippen LogP contribution in [0.4, 0.5) is 4.79 Å². The summed E-state index contributed by atoms with van der Waals surface area (Å²) in [7, 11) is 0. The lowest BCUT2D eigenvalue weighted by Crippen LogP contribution is -2.75. The summed E-state index contributed by atoms with van der Waals surface area (Å²) in [5.74, 6) is -1.45. The number of hydrogen-bond donors (Lipinski definition) is 4. The first-order chi connectivity index (χ1) is 20.3. The molecule has 1 amide bonds. The summed E-state index contributed by atoms with van der Waals surface area (Å²) in [4.78, 5) is 30.9. The van der Waals surface area contributed by atoms with Crippen molar-refractivity contribution in [2.24, 2.45) is 11.3 Å². The summed E-state index contributed by atoms with van der Waals surface area (Å²) in [6.45, 7) is 7.85. The minimum Gasteiger partial charge on any atom is -0.443 e. The highest BCUT2D eigenvalue weighted by atomic mass is 16.8. The minimum absolute atomic E-state index is 0.0725. The van der Waals surface area contributed by atoms with Gasteiger partial charge in [-0.3, -0.25) is 4.79 Å². The molecule has 3 saturated carbocycles. The average Bonchev–Trinajstić information content (AvgIpc) is 3.70. The van der Waals surface area contributed by atoms with Gasteiger partial charge in [-0.05, 0) is 69.6 Å². The lowest BCUT2D eigenvalue weighted by atomic mass is 9.41. The van der Waals surface area contributed by atoms with E-state index in [1.807, 2.05) is 26.0 Å². The van der Waals surface area contributed by atoms with Crippen LogP contribution in [-0.2, 0) is 30.8 Å². The number of aliphatic hydroxyl groups excluding tert-OH is 1. The predicted octanol–water partition coefficient (Wildman–Crippen LogP) is 4.33. The third-order valence-electron chi connectivity index (χ3n) is 12.7. The second-order valence-electron chi connectivity index (χ2n) is 15.0. The highest BCUT2D eigenvalue weighted by Crippen LogP contribution is 2.72. The number of aromatic nitrogens is 1. The van der Waals surface area contributed by atoms with Gasteiger partial charge in [-0.2, -0.15) is 0 Å². The second-order valence-corrected chi connectivity index (χ2v) is 15.0. The Morgan fingerprint density at radius 1 is 1.12 bits per heavy atom. The highest BCUT2D eigenvalue weighted by molar-refractivity contribution is 5.97. The zero-order valence-electron chi connectivity index (χ0n) is 25.4. The van der Waals surface area contributed by atoms with Crippen molar-refractivity contribution in [3.63, 3.8) is 0 Å². The lowest BCUT2D eigenvalue weighted by molar-refractivity contribution is -0.273. The average molecular weight is 591 g/mol. The number of alkyl carbamates (subject to hydrolysis) is 1. The number of fused-ring (bicyclic) bond motifs is 9. The van der Waals surface area contributed by atoms with Gasteiger partial charge in [0.1, 0.15) is 17.3 Å². The van der Waals surface area contributed by atoms with Crippen molar-refractivity contribution in [1.82, 2.24) is 10.3 Å². The lowest BCUT2D eigenvalue weighted by Gasteiger charge is -2.67. The van der Waals surface area contributed by atoms with Crippen molar-refractivity contribution in [1.29, 1.82) is 0 Å². The third kappa shape index (κ3) is 3.27. The molecule has 0 radical (unpaired) electrons. The summed E-state index contributed by atoms with van der Waals surface area (Å²) in [6, 6.07) is 8.29. The first-order valence-electron chi connectivity index (χ1n) is 15.9. The maximum atomic E-state index is 13.6. The SMILES string of the molecule is CC1(C)O[C@@]23CC[C@]4(C)[C@@]5(C)c6[nH]c7ccccc7c6C[C@@H]5C[C@H](OC(=O)NC5(CO)CCCC5)[C@@]4(O)C2=CC(=O)[C@@H]1O3. The summed E-state index contributed by atoms with van der Waals surface area (Å²) >= 11 is 0. The molecule has 8 rings (SSSR count). The van der Waals surface area contributed by atoms with Crippen LogP contribution in [-0.4, -0.2) is 68.4 Å². The number of nitrogens with one attached hydrogen (secondary N) is 2. The van der Waals surface area contributed by atoms with E-state index in [2.05, 4.69) is 36.3 Å². The molecule has 1 aromatic heterocycles.